The molecule has 0 aromatic heterocycles. The van der Waals surface area contributed by atoms with Crippen molar-refractivity contribution in [2.75, 3.05) is 19.6 Å². The molecular weight excluding hydrogens is 271 g/mol. The Kier molecular flexibility index (Phi) is 4.87. The van der Waals surface area contributed by atoms with Gasteiger partial charge in [-0.1, -0.05) is 29.3 Å². The van der Waals surface area contributed by atoms with Crippen LogP contribution in [0.1, 0.15) is 12.0 Å². The molecule has 2 N–H and O–H groups in total. The number of rotatable bonds is 4. The van der Waals surface area contributed by atoms with Gasteiger partial charge in [0.05, 0.1) is 16.5 Å². The van der Waals surface area contributed by atoms with E-state index in [1.54, 1.807) is 12.1 Å². The Bertz CT molecular complexity index is 431. The molecule has 1 aliphatic rings. The van der Waals surface area contributed by atoms with E-state index >= 15 is 0 Å². The molecule has 1 aromatic carbocycles. The zero-order chi connectivity index (χ0) is 13.0. The predicted molar refractivity (Wildman–Crippen MR) is 74.2 cm³/mol. The van der Waals surface area contributed by atoms with E-state index in [2.05, 4.69) is 10.6 Å². The third kappa shape index (κ3) is 3.87. The van der Waals surface area contributed by atoms with E-state index in [1.807, 2.05) is 6.07 Å². The van der Waals surface area contributed by atoms with Gasteiger partial charge in [0.15, 0.2) is 0 Å². The molecule has 3 nitrogen and oxygen atoms in total. The molecular formula is C13H16Cl2N2O. The summed E-state index contributed by atoms with van der Waals surface area (Å²) >= 11 is 11.7. The van der Waals surface area contributed by atoms with Gasteiger partial charge < -0.3 is 10.6 Å². The summed E-state index contributed by atoms with van der Waals surface area (Å²) in [4.78, 5) is 11.8. The van der Waals surface area contributed by atoms with Gasteiger partial charge in [0.2, 0.25) is 5.91 Å². The Morgan fingerprint density at radius 1 is 1.39 bits per heavy atom. The average molecular weight is 287 g/mol. The SMILES string of the molecule is O=C(Cc1ccc(Cl)c(Cl)c1)NCC1CCNC1. The van der Waals surface area contributed by atoms with Crippen LogP contribution in [0.25, 0.3) is 0 Å². The van der Waals surface area contributed by atoms with Gasteiger partial charge in [-0.2, -0.15) is 0 Å². The largest absolute Gasteiger partial charge is 0.355 e. The van der Waals surface area contributed by atoms with Crippen molar-refractivity contribution in [2.24, 2.45) is 5.92 Å². The summed E-state index contributed by atoms with van der Waals surface area (Å²) in [7, 11) is 0. The van der Waals surface area contributed by atoms with Gasteiger partial charge in [0.1, 0.15) is 0 Å². The van der Waals surface area contributed by atoms with Gasteiger partial charge in [-0.05, 0) is 43.1 Å². The second-order valence-electron chi connectivity index (χ2n) is 4.59. The molecule has 0 radical (unpaired) electrons. The summed E-state index contributed by atoms with van der Waals surface area (Å²) in [6, 6.07) is 5.28. The van der Waals surface area contributed by atoms with Gasteiger partial charge >= 0.3 is 0 Å². The second-order valence-corrected chi connectivity index (χ2v) is 5.40. The fraction of sp³-hybridized carbons (Fsp3) is 0.462. The maximum Gasteiger partial charge on any atom is 0.224 e. The molecule has 1 amide bonds. The molecule has 0 bridgehead atoms. The van der Waals surface area contributed by atoms with Crippen LogP contribution in [-0.4, -0.2) is 25.5 Å². The van der Waals surface area contributed by atoms with Crippen LogP contribution in [0.3, 0.4) is 0 Å². The Labute approximate surface area is 117 Å². The fourth-order valence-corrected chi connectivity index (χ4v) is 2.37. The standard InChI is InChI=1S/C13H16Cl2N2O/c14-11-2-1-9(5-12(11)15)6-13(18)17-8-10-3-4-16-7-10/h1-2,5,10,16H,3-4,6-8H2,(H,17,18). The molecule has 1 fully saturated rings. The summed E-state index contributed by atoms with van der Waals surface area (Å²) < 4.78 is 0. The monoisotopic (exact) mass is 286 g/mol. The van der Waals surface area contributed by atoms with Crippen LogP contribution in [0.2, 0.25) is 10.0 Å². The molecule has 1 aliphatic heterocycles. The Morgan fingerprint density at radius 3 is 2.89 bits per heavy atom. The van der Waals surface area contributed by atoms with Gasteiger partial charge in [-0.3, -0.25) is 4.79 Å². The van der Waals surface area contributed by atoms with Crippen molar-refractivity contribution in [3.05, 3.63) is 33.8 Å². The highest BCUT2D eigenvalue weighted by Crippen LogP contribution is 2.22. The van der Waals surface area contributed by atoms with Crippen LogP contribution in [0.5, 0.6) is 0 Å². The van der Waals surface area contributed by atoms with Crippen LogP contribution < -0.4 is 10.6 Å². The summed E-state index contributed by atoms with van der Waals surface area (Å²) in [5, 5.41) is 7.23. The molecule has 18 heavy (non-hydrogen) atoms. The molecule has 0 saturated carbocycles. The van der Waals surface area contributed by atoms with Crippen LogP contribution in [0.4, 0.5) is 0 Å². The third-order valence-electron chi connectivity index (χ3n) is 3.10. The quantitative estimate of drug-likeness (QED) is 0.892. The Morgan fingerprint density at radius 2 is 2.22 bits per heavy atom. The number of halogens is 2. The fourth-order valence-electron chi connectivity index (χ4n) is 2.04. The minimum Gasteiger partial charge on any atom is -0.355 e. The molecule has 98 valence electrons. The maximum absolute atomic E-state index is 11.8. The Hall–Kier alpha value is -0.770. The number of carbonyl (C=O) groups is 1. The van der Waals surface area contributed by atoms with E-state index in [4.69, 9.17) is 23.2 Å². The van der Waals surface area contributed by atoms with E-state index in [0.29, 0.717) is 22.4 Å². The van der Waals surface area contributed by atoms with Gasteiger partial charge in [-0.25, -0.2) is 0 Å². The summed E-state index contributed by atoms with van der Waals surface area (Å²) in [5.74, 6) is 0.586. The van der Waals surface area contributed by atoms with E-state index in [-0.39, 0.29) is 5.91 Å². The highest BCUT2D eigenvalue weighted by atomic mass is 35.5. The Balaban J connectivity index is 1.80. The molecule has 1 heterocycles. The lowest BCUT2D eigenvalue weighted by Crippen LogP contribution is -2.31. The van der Waals surface area contributed by atoms with Crippen molar-refractivity contribution in [2.45, 2.75) is 12.8 Å². The van der Waals surface area contributed by atoms with Crippen molar-refractivity contribution >= 4 is 29.1 Å². The summed E-state index contributed by atoms with van der Waals surface area (Å²) in [6.45, 7) is 2.79. The molecule has 5 heteroatoms. The van der Waals surface area contributed by atoms with E-state index in [0.717, 1.165) is 31.6 Å². The minimum atomic E-state index is 0.0280. The van der Waals surface area contributed by atoms with Crippen molar-refractivity contribution < 1.29 is 4.79 Å². The van der Waals surface area contributed by atoms with Crippen molar-refractivity contribution in [1.82, 2.24) is 10.6 Å². The van der Waals surface area contributed by atoms with Crippen molar-refractivity contribution in [3.8, 4) is 0 Å². The molecule has 1 aromatic rings. The van der Waals surface area contributed by atoms with E-state index in [1.165, 1.54) is 0 Å². The summed E-state index contributed by atoms with van der Waals surface area (Å²) in [5.41, 5.74) is 0.881. The van der Waals surface area contributed by atoms with Crippen LogP contribution in [-0.2, 0) is 11.2 Å². The first kappa shape index (κ1) is 13.7. The molecule has 1 saturated heterocycles. The topological polar surface area (TPSA) is 41.1 Å². The first-order valence-corrected chi connectivity index (χ1v) is 6.82. The first-order chi connectivity index (χ1) is 8.65. The van der Waals surface area contributed by atoms with E-state index < -0.39 is 0 Å². The molecule has 2 rings (SSSR count). The van der Waals surface area contributed by atoms with Gasteiger partial charge in [-0.15, -0.1) is 0 Å². The zero-order valence-corrected chi connectivity index (χ0v) is 11.5. The lowest BCUT2D eigenvalue weighted by Gasteiger charge is -2.10. The molecule has 1 atom stereocenters. The van der Waals surface area contributed by atoms with E-state index in [9.17, 15) is 4.79 Å². The normalized spacial score (nSPS) is 18.9. The number of amides is 1. The van der Waals surface area contributed by atoms with Crippen molar-refractivity contribution in [1.29, 1.82) is 0 Å². The lowest BCUT2D eigenvalue weighted by molar-refractivity contribution is -0.120. The maximum atomic E-state index is 11.8. The number of nitrogens with one attached hydrogen (secondary N) is 2. The molecule has 1 unspecified atom stereocenters. The molecule has 0 spiro atoms. The number of hydrogen-bond acceptors (Lipinski definition) is 2. The minimum absolute atomic E-state index is 0.0280. The van der Waals surface area contributed by atoms with Crippen LogP contribution in [0, 0.1) is 5.92 Å². The average Bonchev–Trinajstić information content (AvgIpc) is 2.84. The number of carbonyl (C=O) groups excluding carboxylic acids is 1. The third-order valence-corrected chi connectivity index (χ3v) is 3.84. The van der Waals surface area contributed by atoms with Gasteiger partial charge in [0.25, 0.3) is 0 Å². The lowest BCUT2D eigenvalue weighted by atomic mass is 10.1. The predicted octanol–water partition coefficient (Wildman–Crippen LogP) is 2.26. The second kappa shape index (κ2) is 6.41. The van der Waals surface area contributed by atoms with Crippen LogP contribution >= 0.6 is 23.2 Å². The van der Waals surface area contributed by atoms with Crippen LogP contribution in [0.15, 0.2) is 18.2 Å². The highest BCUT2D eigenvalue weighted by molar-refractivity contribution is 6.42. The molecule has 0 aliphatic carbocycles. The highest BCUT2D eigenvalue weighted by Gasteiger charge is 2.15. The number of hydrogen-bond donors (Lipinski definition) is 2. The smallest absolute Gasteiger partial charge is 0.224 e. The first-order valence-electron chi connectivity index (χ1n) is 6.06. The number of benzene rings is 1. The van der Waals surface area contributed by atoms with Gasteiger partial charge in [0, 0.05) is 6.54 Å². The summed E-state index contributed by atoms with van der Waals surface area (Å²) in [6.07, 6.45) is 1.48. The zero-order valence-electron chi connectivity index (χ0n) is 10.0. The van der Waals surface area contributed by atoms with Crippen molar-refractivity contribution in [3.63, 3.8) is 0 Å².